The number of carbonyl (C=O) groups is 1. The Bertz CT molecular complexity index is 857. The van der Waals surface area contributed by atoms with Crippen molar-refractivity contribution in [1.82, 2.24) is 9.21 Å². The number of hydrogen-bond acceptors (Lipinski definition) is 4. The Labute approximate surface area is 172 Å². The van der Waals surface area contributed by atoms with Crippen molar-refractivity contribution >= 4 is 15.9 Å². The van der Waals surface area contributed by atoms with Crippen LogP contribution < -0.4 is 0 Å². The molecule has 0 aromatic heterocycles. The summed E-state index contributed by atoms with van der Waals surface area (Å²) in [5.41, 5.74) is 0.424. The van der Waals surface area contributed by atoms with Gasteiger partial charge in [0.05, 0.1) is 4.90 Å². The third kappa shape index (κ3) is 4.34. The molecule has 6 nitrogen and oxygen atoms in total. The minimum Gasteiger partial charge on any atom is -0.381 e. The number of aryl methyl sites for hydroxylation is 1. The predicted octanol–water partition coefficient (Wildman–Crippen LogP) is 2.70. The van der Waals surface area contributed by atoms with Gasteiger partial charge in [0.2, 0.25) is 15.9 Å². The lowest BCUT2D eigenvalue weighted by atomic mass is 9.98. The minimum atomic E-state index is -3.73. The average molecular weight is 425 g/mol. The largest absolute Gasteiger partial charge is 0.381 e. The molecule has 2 aliphatic heterocycles. The summed E-state index contributed by atoms with van der Waals surface area (Å²) in [7, 11) is -3.73. The molecule has 1 aromatic carbocycles. The molecule has 3 aliphatic rings. The van der Waals surface area contributed by atoms with E-state index in [9.17, 15) is 17.6 Å². The summed E-state index contributed by atoms with van der Waals surface area (Å²) < 4.78 is 46.7. The van der Waals surface area contributed by atoms with Gasteiger partial charge in [0.25, 0.3) is 0 Å². The van der Waals surface area contributed by atoms with E-state index in [4.69, 9.17) is 4.74 Å². The second-order valence-corrected chi connectivity index (χ2v) is 10.3. The van der Waals surface area contributed by atoms with Crippen LogP contribution in [0.2, 0.25) is 0 Å². The summed E-state index contributed by atoms with van der Waals surface area (Å²) in [6, 6.07) is 4.31. The highest BCUT2D eigenvalue weighted by molar-refractivity contribution is 7.89. The smallest absolute Gasteiger partial charge is 0.243 e. The van der Waals surface area contributed by atoms with Gasteiger partial charge < -0.3 is 9.64 Å². The van der Waals surface area contributed by atoms with Crippen LogP contribution in [-0.4, -0.2) is 61.9 Å². The van der Waals surface area contributed by atoms with Gasteiger partial charge in [0.1, 0.15) is 5.82 Å². The zero-order chi connectivity index (χ0) is 20.6. The molecule has 160 valence electrons. The van der Waals surface area contributed by atoms with Gasteiger partial charge in [-0.05, 0) is 63.1 Å². The number of ether oxygens (including phenoxy) is 1. The third-order valence-electron chi connectivity index (χ3n) is 6.36. The zero-order valence-electron chi connectivity index (χ0n) is 16.8. The van der Waals surface area contributed by atoms with Crippen LogP contribution in [0.1, 0.15) is 44.1 Å². The molecule has 0 unspecified atom stereocenters. The molecule has 0 radical (unpaired) electrons. The van der Waals surface area contributed by atoms with Gasteiger partial charge >= 0.3 is 0 Å². The second-order valence-electron chi connectivity index (χ2n) is 8.41. The summed E-state index contributed by atoms with van der Waals surface area (Å²) in [5, 5.41) is 0. The van der Waals surface area contributed by atoms with Crippen molar-refractivity contribution in [1.29, 1.82) is 0 Å². The van der Waals surface area contributed by atoms with Gasteiger partial charge in [0.15, 0.2) is 0 Å². The summed E-state index contributed by atoms with van der Waals surface area (Å²) in [4.78, 5) is 15.0. The van der Waals surface area contributed by atoms with E-state index in [-0.39, 0.29) is 28.8 Å². The first-order valence-electron chi connectivity index (χ1n) is 10.5. The topological polar surface area (TPSA) is 66.9 Å². The summed E-state index contributed by atoms with van der Waals surface area (Å²) in [6.07, 6.45) is 4.85. The fourth-order valence-corrected chi connectivity index (χ4v) is 5.89. The lowest BCUT2D eigenvalue weighted by molar-refractivity contribution is -0.141. The van der Waals surface area contributed by atoms with Crippen molar-refractivity contribution in [3.63, 3.8) is 0 Å². The van der Waals surface area contributed by atoms with E-state index in [0.29, 0.717) is 44.7 Å². The van der Waals surface area contributed by atoms with Crippen LogP contribution in [0.15, 0.2) is 23.1 Å². The van der Waals surface area contributed by atoms with Crippen molar-refractivity contribution in [2.45, 2.75) is 62.4 Å². The second kappa shape index (κ2) is 8.32. The number of piperidine rings is 1. The Hall–Kier alpha value is -1.51. The molecule has 3 fully saturated rings. The first kappa shape index (κ1) is 20.8. The Kier molecular flexibility index (Phi) is 5.95. The van der Waals surface area contributed by atoms with Crippen LogP contribution in [0.25, 0.3) is 0 Å². The van der Waals surface area contributed by atoms with Crippen molar-refractivity contribution < 1.29 is 22.3 Å². The molecule has 0 atom stereocenters. The van der Waals surface area contributed by atoms with Crippen LogP contribution in [0.3, 0.4) is 0 Å². The highest BCUT2D eigenvalue weighted by Crippen LogP contribution is 2.35. The van der Waals surface area contributed by atoms with Crippen molar-refractivity contribution in [2.24, 2.45) is 5.92 Å². The highest BCUT2D eigenvalue weighted by Gasteiger charge is 2.41. The van der Waals surface area contributed by atoms with E-state index in [1.807, 2.05) is 0 Å². The molecule has 0 bridgehead atoms. The number of carbonyl (C=O) groups excluding carboxylic acids is 1. The average Bonchev–Trinajstić information content (AvgIpc) is 3.57. The molecular formula is C21H29FN2O4S. The molecule has 0 N–H and O–H groups in total. The fourth-order valence-electron chi connectivity index (χ4n) is 4.41. The highest BCUT2D eigenvalue weighted by atomic mass is 32.2. The lowest BCUT2D eigenvalue weighted by Gasteiger charge is -2.43. The number of amides is 1. The molecule has 1 amide bonds. The maximum Gasteiger partial charge on any atom is 0.243 e. The van der Waals surface area contributed by atoms with Crippen LogP contribution in [-0.2, 0) is 19.6 Å². The third-order valence-corrected chi connectivity index (χ3v) is 8.26. The number of benzene rings is 1. The normalized spacial score (nSPS) is 22.6. The molecule has 2 saturated heterocycles. The van der Waals surface area contributed by atoms with Crippen LogP contribution in [0.4, 0.5) is 4.39 Å². The van der Waals surface area contributed by atoms with E-state index in [1.165, 1.54) is 16.4 Å². The SMILES string of the molecule is Cc1ccc(S(=O)(=O)N2CCC(N(C(=O)C3CC3)C3CCOCC3)CC2)cc1F. The number of rotatable bonds is 5. The first-order chi connectivity index (χ1) is 13.9. The van der Waals surface area contributed by atoms with E-state index >= 15 is 0 Å². The summed E-state index contributed by atoms with van der Waals surface area (Å²) >= 11 is 0. The summed E-state index contributed by atoms with van der Waals surface area (Å²) in [5.74, 6) is -0.129. The number of nitrogens with zero attached hydrogens (tertiary/aromatic N) is 2. The van der Waals surface area contributed by atoms with Gasteiger partial charge in [-0.15, -0.1) is 0 Å². The molecule has 8 heteroatoms. The summed E-state index contributed by atoms with van der Waals surface area (Å²) in [6.45, 7) is 3.65. The monoisotopic (exact) mass is 424 g/mol. The van der Waals surface area contributed by atoms with E-state index in [0.717, 1.165) is 31.7 Å². The van der Waals surface area contributed by atoms with Gasteiger partial charge in [-0.25, -0.2) is 12.8 Å². The van der Waals surface area contributed by atoms with Gasteiger partial charge in [-0.3, -0.25) is 4.79 Å². The van der Waals surface area contributed by atoms with Crippen LogP contribution in [0.5, 0.6) is 0 Å². The van der Waals surface area contributed by atoms with Gasteiger partial charge in [0, 0.05) is 44.3 Å². The molecule has 0 spiro atoms. The lowest BCUT2D eigenvalue weighted by Crippen LogP contribution is -2.54. The van der Waals surface area contributed by atoms with Gasteiger partial charge in [-0.2, -0.15) is 4.31 Å². The van der Waals surface area contributed by atoms with Crippen LogP contribution >= 0.6 is 0 Å². The molecule has 4 rings (SSSR count). The number of sulfonamides is 1. The molecular weight excluding hydrogens is 395 g/mol. The van der Waals surface area contributed by atoms with Crippen molar-refractivity contribution in [2.75, 3.05) is 26.3 Å². The van der Waals surface area contributed by atoms with Gasteiger partial charge in [-0.1, -0.05) is 6.07 Å². The predicted molar refractivity (Wildman–Crippen MR) is 106 cm³/mol. The Morgan fingerprint density at radius 3 is 2.28 bits per heavy atom. The molecule has 29 heavy (non-hydrogen) atoms. The number of halogens is 1. The fraction of sp³-hybridized carbons (Fsp3) is 0.667. The van der Waals surface area contributed by atoms with Crippen LogP contribution in [0, 0.1) is 18.7 Å². The molecule has 1 aromatic rings. The Morgan fingerprint density at radius 1 is 1.07 bits per heavy atom. The first-order valence-corrected chi connectivity index (χ1v) is 12.0. The zero-order valence-corrected chi connectivity index (χ0v) is 17.7. The van der Waals surface area contributed by atoms with E-state index < -0.39 is 15.8 Å². The van der Waals surface area contributed by atoms with E-state index in [2.05, 4.69) is 4.90 Å². The Morgan fingerprint density at radius 2 is 1.69 bits per heavy atom. The standard InChI is InChI=1S/C21H29FN2O4S/c1-15-2-5-19(14-20(15)22)29(26,27)23-10-6-17(7-11-23)24(21(25)16-3-4-16)18-8-12-28-13-9-18/h2,5,14,16-18H,3-4,6-13H2,1H3. The molecule has 2 heterocycles. The molecule has 1 saturated carbocycles. The maximum absolute atomic E-state index is 13.9. The Balaban J connectivity index is 1.46. The quantitative estimate of drug-likeness (QED) is 0.729. The van der Waals surface area contributed by atoms with Crippen molar-refractivity contribution in [3.8, 4) is 0 Å². The number of hydrogen-bond donors (Lipinski definition) is 0. The van der Waals surface area contributed by atoms with Crippen molar-refractivity contribution in [3.05, 3.63) is 29.6 Å². The van der Waals surface area contributed by atoms with E-state index in [1.54, 1.807) is 6.92 Å². The molecule has 1 aliphatic carbocycles. The maximum atomic E-state index is 13.9. The minimum absolute atomic E-state index is 0.00519.